The maximum absolute atomic E-state index is 12.8. The Hall–Kier alpha value is -2.58. The van der Waals surface area contributed by atoms with Gasteiger partial charge in [-0.05, 0) is 42.5 Å². The first-order valence-corrected chi connectivity index (χ1v) is 8.46. The second kappa shape index (κ2) is 5.72. The molecule has 0 bridgehead atoms. The molecular weight excluding hydrogens is 389 g/mol. The SMILES string of the molecule is O=C(O)c1ccc2c(c1)c1sc(Cl)nc1n2-c1ccc(C(F)(F)F)cc1. The van der Waals surface area contributed by atoms with Crippen molar-refractivity contribution in [1.82, 2.24) is 9.55 Å². The van der Waals surface area contributed by atoms with E-state index in [1.165, 1.54) is 35.6 Å². The van der Waals surface area contributed by atoms with Crippen LogP contribution in [0.1, 0.15) is 15.9 Å². The molecule has 0 radical (unpaired) electrons. The Morgan fingerprint density at radius 3 is 2.46 bits per heavy atom. The average Bonchev–Trinajstić information content (AvgIpc) is 3.08. The molecule has 26 heavy (non-hydrogen) atoms. The Morgan fingerprint density at radius 2 is 1.85 bits per heavy atom. The number of fused-ring (bicyclic) bond motifs is 3. The van der Waals surface area contributed by atoms with Crippen LogP contribution >= 0.6 is 22.9 Å². The molecule has 9 heteroatoms. The van der Waals surface area contributed by atoms with Crippen molar-refractivity contribution in [3.8, 4) is 5.69 Å². The molecule has 4 rings (SSSR count). The van der Waals surface area contributed by atoms with Gasteiger partial charge in [0, 0.05) is 11.1 Å². The van der Waals surface area contributed by atoms with Crippen molar-refractivity contribution in [2.24, 2.45) is 0 Å². The van der Waals surface area contributed by atoms with E-state index in [4.69, 9.17) is 11.6 Å². The van der Waals surface area contributed by atoms with Crippen LogP contribution < -0.4 is 0 Å². The highest BCUT2D eigenvalue weighted by molar-refractivity contribution is 7.23. The number of aromatic carboxylic acids is 1. The highest BCUT2D eigenvalue weighted by Crippen LogP contribution is 2.38. The highest BCUT2D eigenvalue weighted by atomic mass is 35.5. The van der Waals surface area contributed by atoms with Gasteiger partial charge >= 0.3 is 12.1 Å². The molecule has 0 aliphatic rings. The number of benzene rings is 2. The Kier molecular flexibility index (Phi) is 3.71. The second-order valence-corrected chi connectivity index (χ2v) is 7.12. The fraction of sp³-hybridized carbons (Fsp3) is 0.0588. The first-order chi connectivity index (χ1) is 12.3. The van der Waals surface area contributed by atoms with Crippen LogP contribution in [0.5, 0.6) is 0 Å². The van der Waals surface area contributed by atoms with E-state index in [9.17, 15) is 23.1 Å². The number of carbonyl (C=O) groups is 1. The normalized spacial score (nSPS) is 12.2. The first-order valence-electron chi connectivity index (χ1n) is 7.27. The lowest BCUT2D eigenvalue weighted by Gasteiger charge is -2.10. The molecule has 0 spiro atoms. The van der Waals surface area contributed by atoms with E-state index in [-0.39, 0.29) is 10.0 Å². The number of alkyl halides is 3. The van der Waals surface area contributed by atoms with E-state index < -0.39 is 17.7 Å². The molecule has 0 fully saturated rings. The summed E-state index contributed by atoms with van der Waals surface area (Å²) in [6.07, 6.45) is -4.42. The first kappa shape index (κ1) is 16.9. The standard InChI is InChI=1S/C17H8ClF3N2O2S/c18-16-22-14-13(26-16)11-7-8(15(24)25)1-6-12(11)23(14)10-4-2-9(3-5-10)17(19,20)21/h1-7H,(H,24,25). The molecule has 0 atom stereocenters. The van der Waals surface area contributed by atoms with Gasteiger partial charge in [0.1, 0.15) is 0 Å². The van der Waals surface area contributed by atoms with E-state index in [1.807, 2.05) is 0 Å². The lowest BCUT2D eigenvalue weighted by molar-refractivity contribution is -0.137. The topological polar surface area (TPSA) is 55.1 Å². The molecule has 0 saturated carbocycles. The Morgan fingerprint density at radius 1 is 1.15 bits per heavy atom. The summed E-state index contributed by atoms with van der Waals surface area (Å²) < 4.78 is 41.0. The third kappa shape index (κ3) is 2.62. The van der Waals surface area contributed by atoms with Crippen molar-refractivity contribution in [3.05, 3.63) is 58.1 Å². The molecule has 2 aromatic carbocycles. The molecule has 2 aromatic heterocycles. The molecule has 0 aliphatic heterocycles. The predicted octanol–water partition coefficient (Wildman–Crippen LogP) is 5.61. The van der Waals surface area contributed by atoms with Gasteiger partial charge in [0.15, 0.2) is 10.1 Å². The summed E-state index contributed by atoms with van der Waals surface area (Å²) in [6.45, 7) is 0. The minimum atomic E-state index is -4.42. The van der Waals surface area contributed by atoms with Crippen molar-refractivity contribution in [3.63, 3.8) is 0 Å². The van der Waals surface area contributed by atoms with Crippen molar-refractivity contribution < 1.29 is 23.1 Å². The molecule has 4 aromatic rings. The number of nitrogens with zero attached hydrogens (tertiary/aromatic N) is 2. The zero-order valence-corrected chi connectivity index (χ0v) is 14.3. The van der Waals surface area contributed by atoms with Gasteiger partial charge in [0.05, 0.1) is 21.3 Å². The van der Waals surface area contributed by atoms with E-state index in [2.05, 4.69) is 4.98 Å². The molecule has 0 amide bonds. The molecule has 2 heterocycles. The van der Waals surface area contributed by atoms with Gasteiger partial charge < -0.3 is 5.11 Å². The fourth-order valence-electron chi connectivity index (χ4n) is 2.83. The highest BCUT2D eigenvalue weighted by Gasteiger charge is 2.30. The summed E-state index contributed by atoms with van der Waals surface area (Å²) in [4.78, 5) is 15.5. The molecular formula is C17H8ClF3N2O2S. The minimum absolute atomic E-state index is 0.105. The largest absolute Gasteiger partial charge is 0.478 e. The van der Waals surface area contributed by atoms with Gasteiger partial charge in [0.2, 0.25) is 0 Å². The molecule has 1 N–H and O–H groups in total. The van der Waals surface area contributed by atoms with Crippen LogP contribution in [0, 0.1) is 0 Å². The van der Waals surface area contributed by atoms with E-state index >= 15 is 0 Å². The second-order valence-electron chi connectivity index (χ2n) is 5.54. The molecule has 0 unspecified atom stereocenters. The smallest absolute Gasteiger partial charge is 0.416 e. The third-order valence-corrected chi connectivity index (χ3v) is 5.16. The number of carboxylic acids is 1. The molecule has 0 aliphatic carbocycles. The van der Waals surface area contributed by atoms with Crippen LogP contribution in [0.3, 0.4) is 0 Å². The number of thiazole rings is 1. The van der Waals surface area contributed by atoms with Crippen molar-refractivity contribution in [1.29, 1.82) is 0 Å². The average molecular weight is 397 g/mol. The van der Waals surface area contributed by atoms with Crippen molar-refractivity contribution in [2.75, 3.05) is 0 Å². The number of carboxylic acid groups (broad SMARTS) is 1. The number of rotatable bonds is 2. The molecule has 132 valence electrons. The van der Waals surface area contributed by atoms with Crippen LogP contribution in [0.25, 0.3) is 26.9 Å². The molecule has 4 nitrogen and oxygen atoms in total. The summed E-state index contributed by atoms with van der Waals surface area (Å²) in [7, 11) is 0. The van der Waals surface area contributed by atoms with Crippen LogP contribution in [0.4, 0.5) is 13.2 Å². The third-order valence-electron chi connectivity index (χ3n) is 3.98. The summed E-state index contributed by atoms with van der Waals surface area (Å²) in [6, 6.07) is 9.24. The van der Waals surface area contributed by atoms with E-state index in [0.717, 1.165) is 12.1 Å². The van der Waals surface area contributed by atoms with Gasteiger partial charge in [0.25, 0.3) is 0 Å². The number of halogens is 4. The van der Waals surface area contributed by atoms with Gasteiger partial charge in [-0.1, -0.05) is 11.6 Å². The number of hydrogen-bond acceptors (Lipinski definition) is 3. The summed E-state index contributed by atoms with van der Waals surface area (Å²) >= 11 is 7.19. The van der Waals surface area contributed by atoms with Crippen molar-refractivity contribution >= 4 is 50.2 Å². The summed E-state index contributed by atoms with van der Waals surface area (Å²) in [5.74, 6) is -1.07. The Bertz CT molecular complexity index is 1160. The van der Waals surface area contributed by atoms with Crippen LogP contribution in [-0.2, 0) is 6.18 Å². The lowest BCUT2D eigenvalue weighted by atomic mass is 10.1. The summed E-state index contributed by atoms with van der Waals surface area (Å²) in [5, 5.41) is 9.83. The zero-order valence-electron chi connectivity index (χ0n) is 12.7. The van der Waals surface area contributed by atoms with Crippen molar-refractivity contribution in [2.45, 2.75) is 6.18 Å². The van der Waals surface area contributed by atoms with E-state index in [1.54, 1.807) is 10.6 Å². The van der Waals surface area contributed by atoms with Gasteiger partial charge in [-0.15, -0.1) is 11.3 Å². The van der Waals surface area contributed by atoms with Gasteiger partial charge in [-0.2, -0.15) is 13.2 Å². The predicted molar refractivity (Wildman–Crippen MR) is 93.4 cm³/mol. The Balaban J connectivity index is 2.00. The van der Waals surface area contributed by atoms with Gasteiger partial charge in [-0.3, -0.25) is 4.57 Å². The van der Waals surface area contributed by atoms with Gasteiger partial charge in [-0.25, -0.2) is 9.78 Å². The quantitative estimate of drug-likeness (QED) is 0.479. The Labute approximate surface area is 153 Å². The van der Waals surface area contributed by atoms with Crippen LogP contribution in [0.15, 0.2) is 42.5 Å². The minimum Gasteiger partial charge on any atom is -0.478 e. The fourth-order valence-corrected chi connectivity index (χ4v) is 3.95. The van der Waals surface area contributed by atoms with Crippen LogP contribution in [0.2, 0.25) is 4.47 Å². The number of aromatic nitrogens is 2. The monoisotopic (exact) mass is 396 g/mol. The lowest BCUT2D eigenvalue weighted by Crippen LogP contribution is -2.05. The number of hydrogen-bond donors (Lipinski definition) is 1. The molecule has 0 saturated heterocycles. The zero-order chi connectivity index (χ0) is 18.6. The maximum Gasteiger partial charge on any atom is 0.416 e. The van der Waals surface area contributed by atoms with E-state index in [0.29, 0.717) is 26.9 Å². The maximum atomic E-state index is 12.8. The summed E-state index contributed by atoms with van der Waals surface area (Å²) in [5.41, 5.74) is 0.937. The van der Waals surface area contributed by atoms with Crippen LogP contribution in [-0.4, -0.2) is 20.6 Å².